The minimum Gasteiger partial charge on any atom is -0.319 e. The molecular formula is C18H16Cl2N2O2. The van der Waals surface area contributed by atoms with Crippen LogP contribution in [0.4, 0.5) is 4.79 Å². The number of rotatable bonds is 4. The number of benzene rings is 2. The van der Waals surface area contributed by atoms with Gasteiger partial charge in [-0.25, -0.2) is 4.79 Å². The molecule has 0 saturated carbocycles. The first-order chi connectivity index (χ1) is 11.5. The molecule has 0 aliphatic carbocycles. The number of imide groups is 1. The third-order valence-electron chi connectivity index (χ3n) is 4.30. The molecule has 1 atom stereocenters. The Bertz CT molecular complexity index is 795. The van der Waals surface area contributed by atoms with Crippen LogP contribution in [-0.4, -0.2) is 16.8 Å². The van der Waals surface area contributed by atoms with Crippen molar-refractivity contribution in [3.63, 3.8) is 0 Å². The molecule has 0 spiro atoms. The predicted octanol–water partition coefficient (Wildman–Crippen LogP) is 4.35. The highest BCUT2D eigenvalue weighted by molar-refractivity contribution is 6.42. The molecule has 2 aromatic carbocycles. The van der Waals surface area contributed by atoms with E-state index >= 15 is 0 Å². The third-order valence-corrected chi connectivity index (χ3v) is 5.04. The fraction of sp³-hybridized carbons (Fsp3) is 0.222. The molecule has 124 valence electrons. The zero-order chi connectivity index (χ0) is 17.3. The van der Waals surface area contributed by atoms with Gasteiger partial charge in [-0.1, -0.05) is 66.5 Å². The Kier molecular flexibility index (Phi) is 4.52. The number of carbonyl (C=O) groups excluding carboxylic acids is 2. The zero-order valence-corrected chi connectivity index (χ0v) is 14.6. The molecule has 0 bridgehead atoms. The largest absolute Gasteiger partial charge is 0.325 e. The summed E-state index contributed by atoms with van der Waals surface area (Å²) in [4.78, 5) is 26.7. The lowest BCUT2D eigenvalue weighted by Crippen LogP contribution is -2.43. The van der Waals surface area contributed by atoms with Gasteiger partial charge in [0.15, 0.2) is 0 Å². The van der Waals surface area contributed by atoms with Crippen molar-refractivity contribution in [1.29, 1.82) is 0 Å². The minimum atomic E-state index is -1.02. The van der Waals surface area contributed by atoms with Gasteiger partial charge < -0.3 is 5.32 Å². The number of amides is 3. The van der Waals surface area contributed by atoms with E-state index in [0.717, 1.165) is 11.1 Å². The molecule has 0 radical (unpaired) electrons. The van der Waals surface area contributed by atoms with Gasteiger partial charge in [-0.3, -0.25) is 9.69 Å². The Morgan fingerprint density at radius 1 is 1.04 bits per heavy atom. The van der Waals surface area contributed by atoms with E-state index in [9.17, 15) is 9.59 Å². The maximum Gasteiger partial charge on any atom is 0.325 e. The van der Waals surface area contributed by atoms with Crippen molar-refractivity contribution < 1.29 is 9.59 Å². The predicted molar refractivity (Wildman–Crippen MR) is 94.0 cm³/mol. The first-order valence-electron chi connectivity index (χ1n) is 7.61. The number of urea groups is 1. The Balaban J connectivity index is 1.92. The number of nitrogens with zero attached hydrogens (tertiary/aromatic N) is 1. The normalized spacial score (nSPS) is 20.4. The fourth-order valence-corrected chi connectivity index (χ4v) is 3.27. The highest BCUT2D eigenvalue weighted by atomic mass is 35.5. The third kappa shape index (κ3) is 2.76. The molecule has 1 N–H and O–H groups in total. The van der Waals surface area contributed by atoms with Gasteiger partial charge in [0.25, 0.3) is 5.91 Å². The molecule has 1 fully saturated rings. The molecule has 1 heterocycles. The second-order valence-corrected chi connectivity index (χ2v) is 6.51. The van der Waals surface area contributed by atoms with E-state index < -0.39 is 11.6 Å². The van der Waals surface area contributed by atoms with Gasteiger partial charge in [0.1, 0.15) is 5.54 Å². The summed E-state index contributed by atoms with van der Waals surface area (Å²) < 4.78 is 0. The smallest absolute Gasteiger partial charge is 0.319 e. The van der Waals surface area contributed by atoms with Gasteiger partial charge in [-0.05, 0) is 29.7 Å². The number of nitrogens with one attached hydrogen (secondary N) is 1. The maximum absolute atomic E-state index is 13.0. The second kappa shape index (κ2) is 6.46. The second-order valence-electron chi connectivity index (χ2n) is 5.69. The van der Waals surface area contributed by atoms with Crippen LogP contribution in [0.25, 0.3) is 0 Å². The molecule has 2 aromatic rings. The van der Waals surface area contributed by atoms with E-state index in [0.29, 0.717) is 16.5 Å². The van der Waals surface area contributed by atoms with Crippen molar-refractivity contribution >= 4 is 35.1 Å². The lowest BCUT2D eigenvalue weighted by molar-refractivity contribution is -0.132. The van der Waals surface area contributed by atoms with Gasteiger partial charge >= 0.3 is 6.03 Å². The van der Waals surface area contributed by atoms with E-state index in [1.807, 2.05) is 37.3 Å². The van der Waals surface area contributed by atoms with Crippen LogP contribution in [0.2, 0.25) is 10.0 Å². The van der Waals surface area contributed by atoms with Crippen molar-refractivity contribution in [2.75, 3.05) is 0 Å². The summed E-state index contributed by atoms with van der Waals surface area (Å²) in [5.74, 6) is -0.257. The molecule has 1 aliphatic heterocycles. The van der Waals surface area contributed by atoms with Crippen LogP contribution in [0.3, 0.4) is 0 Å². The maximum atomic E-state index is 13.0. The van der Waals surface area contributed by atoms with E-state index in [4.69, 9.17) is 23.2 Å². The van der Waals surface area contributed by atoms with Crippen molar-refractivity contribution in [3.05, 3.63) is 69.7 Å². The van der Waals surface area contributed by atoms with Crippen LogP contribution in [0.1, 0.15) is 24.5 Å². The Hall–Kier alpha value is -2.04. The van der Waals surface area contributed by atoms with E-state index in [-0.39, 0.29) is 12.5 Å². The van der Waals surface area contributed by atoms with Crippen LogP contribution in [0, 0.1) is 0 Å². The molecule has 0 aromatic heterocycles. The molecule has 3 amide bonds. The quantitative estimate of drug-likeness (QED) is 0.821. The van der Waals surface area contributed by atoms with Gasteiger partial charge in [0, 0.05) is 0 Å². The number of hydrogen-bond acceptors (Lipinski definition) is 2. The topological polar surface area (TPSA) is 49.4 Å². The van der Waals surface area contributed by atoms with Crippen LogP contribution in [0.15, 0.2) is 48.5 Å². The van der Waals surface area contributed by atoms with Crippen molar-refractivity contribution in [3.8, 4) is 0 Å². The fourth-order valence-electron chi connectivity index (χ4n) is 2.95. The average molecular weight is 363 g/mol. The summed E-state index contributed by atoms with van der Waals surface area (Å²) in [6, 6.07) is 14.0. The molecule has 0 unspecified atom stereocenters. The van der Waals surface area contributed by atoms with Crippen LogP contribution < -0.4 is 5.32 Å². The first kappa shape index (κ1) is 16.8. The summed E-state index contributed by atoms with van der Waals surface area (Å²) in [5, 5.41) is 3.69. The number of halogens is 2. The zero-order valence-electron chi connectivity index (χ0n) is 13.1. The van der Waals surface area contributed by atoms with E-state index in [2.05, 4.69) is 5.32 Å². The Labute approximate surface area is 150 Å². The number of hydrogen-bond donors (Lipinski definition) is 1. The SMILES string of the molecule is CC[C@@]1(c2ccccc2)NC(=O)N(Cc2ccc(Cl)c(Cl)c2)C1=O. The standard InChI is InChI=1S/C18H16Cl2N2O2/c1-2-18(13-6-4-3-5-7-13)16(23)22(17(24)21-18)11-12-8-9-14(19)15(20)10-12/h3-10H,2,11H2,1H3,(H,21,24)/t18-/m0/s1. The molecule has 1 saturated heterocycles. The van der Waals surface area contributed by atoms with Crippen molar-refractivity contribution in [2.24, 2.45) is 0 Å². The van der Waals surface area contributed by atoms with Crippen LogP contribution >= 0.6 is 23.2 Å². The monoisotopic (exact) mass is 362 g/mol. The molecular weight excluding hydrogens is 347 g/mol. The van der Waals surface area contributed by atoms with Crippen LogP contribution in [-0.2, 0) is 16.9 Å². The van der Waals surface area contributed by atoms with Gasteiger partial charge in [-0.15, -0.1) is 0 Å². The summed E-state index contributed by atoms with van der Waals surface area (Å²) in [6.07, 6.45) is 0.472. The Morgan fingerprint density at radius 2 is 1.75 bits per heavy atom. The average Bonchev–Trinajstić information content (AvgIpc) is 2.84. The van der Waals surface area contributed by atoms with Crippen LogP contribution in [0.5, 0.6) is 0 Å². The highest BCUT2D eigenvalue weighted by Crippen LogP contribution is 2.33. The Morgan fingerprint density at radius 3 is 2.38 bits per heavy atom. The molecule has 6 heteroatoms. The summed E-state index contributed by atoms with van der Waals surface area (Å²) in [5.41, 5.74) is 0.504. The van der Waals surface area contributed by atoms with Crippen molar-refractivity contribution in [1.82, 2.24) is 10.2 Å². The lowest BCUT2D eigenvalue weighted by Gasteiger charge is -2.25. The summed E-state index contributed by atoms with van der Waals surface area (Å²) in [6.45, 7) is 2.03. The first-order valence-corrected chi connectivity index (χ1v) is 8.37. The summed E-state index contributed by atoms with van der Waals surface area (Å²) >= 11 is 11.9. The molecule has 24 heavy (non-hydrogen) atoms. The molecule has 4 nitrogen and oxygen atoms in total. The van der Waals surface area contributed by atoms with E-state index in [1.54, 1.807) is 18.2 Å². The van der Waals surface area contributed by atoms with Gasteiger partial charge in [0.05, 0.1) is 16.6 Å². The molecule has 3 rings (SSSR count). The lowest BCUT2D eigenvalue weighted by atomic mass is 9.87. The minimum absolute atomic E-state index is 0.149. The van der Waals surface area contributed by atoms with E-state index in [1.165, 1.54) is 4.90 Å². The van der Waals surface area contributed by atoms with Gasteiger partial charge in [0.2, 0.25) is 0 Å². The summed E-state index contributed by atoms with van der Waals surface area (Å²) in [7, 11) is 0. The van der Waals surface area contributed by atoms with Crippen molar-refractivity contribution in [2.45, 2.75) is 25.4 Å². The number of carbonyl (C=O) groups is 2. The highest BCUT2D eigenvalue weighted by Gasteiger charge is 2.50. The molecule has 1 aliphatic rings. The van der Waals surface area contributed by atoms with Gasteiger partial charge in [-0.2, -0.15) is 0 Å².